The lowest BCUT2D eigenvalue weighted by molar-refractivity contribution is -0.311. The zero-order valence-corrected chi connectivity index (χ0v) is 10.8. The van der Waals surface area contributed by atoms with Crippen LogP contribution in [0.15, 0.2) is 0 Å². The predicted molar refractivity (Wildman–Crippen MR) is 60.8 cm³/mol. The number of fused-ring (bicyclic) bond motifs is 1. The topological polar surface area (TPSA) is 74.2 Å². The molecule has 2 fully saturated rings. The number of esters is 1. The summed E-state index contributed by atoms with van der Waals surface area (Å²) in [4.78, 5) is 11.3. The molecule has 0 saturated carbocycles. The summed E-state index contributed by atoms with van der Waals surface area (Å²) in [6.07, 6.45) is -0.567. The highest BCUT2D eigenvalue weighted by Gasteiger charge is 2.47. The molecule has 2 saturated heterocycles. The Bertz CT molecular complexity index is 307. The predicted octanol–water partition coefficient (Wildman–Crippen LogP) is 0.221. The van der Waals surface area contributed by atoms with E-state index in [0.29, 0.717) is 19.6 Å². The molecule has 2 heterocycles. The Morgan fingerprint density at radius 2 is 2.28 bits per heavy atom. The molecule has 1 unspecified atom stereocenters. The number of hydrogen-bond acceptors (Lipinski definition) is 6. The maximum Gasteiger partial charge on any atom is 0.305 e. The van der Waals surface area contributed by atoms with Crippen molar-refractivity contribution in [2.75, 3.05) is 19.8 Å². The average Bonchev–Trinajstić information content (AvgIpc) is 2.69. The highest BCUT2D eigenvalue weighted by atomic mass is 16.7. The Kier molecular flexibility index (Phi) is 4.21. The molecule has 2 rings (SSSR count). The molecule has 0 amide bonds. The molecule has 104 valence electrons. The van der Waals surface area contributed by atoms with Crippen LogP contribution in [0.25, 0.3) is 0 Å². The van der Waals surface area contributed by atoms with Crippen molar-refractivity contribution in [3.05, 3.63) is 0 Å². The number of aliphatic hydroxyl groups excluding tert-OH is 1. The number of carbonyl (C=O) groups excluding carboxylic acids is 1. The van der Waals surface area contributed by atoms with E-state index in [0.717, 1.165) is 0 Å². The summed E-state index contributed by atoms with van der Waals surface area (Å²) in [5.41, 5.74) is 0. The van der Waals surface area contributed by atoms with Gasteiger partial charge in [-0.15, -0.1) is 0 Å². The summed E-state index contributed by atoms with van der Waals surface area (Å²) in [6.45, 7) is 4.56. The van der Waals surface area contributed by atoms with Crippen LogP contribution in [-0.4, -0.2) is 55.0 Å². The van der Waals surface area contributed by atoms with Crippen LogP contribution in [0.2, 0.25) is 0 Å². The van der Waals surface area contributed by atoms with Gasteiger partial charge in [-0.1, -0.05) is 0 Å². The minimum absolute atomic E-state index is 0.212. The lowest BCUT2D eigenvalue weighted by Gasteiger charge is -2.40. The largest absolute Gasteiger partial charge is 0.466 e. The number of carbonyl (C=O) groups is 1. The Balaban J connectivity index is 1.86. The van der Waals surface area contributed by atoms with E-state index < -0.39 is 11.9 Å². The van der Waals surface area contributed by atoms with Crippen LogP contribution in [0.5, 0.6) is 0 Å². The van der Waals surface area contributed by atoms with E-state index in [1.54, 1.807) is 13.8 Å². The first-order valence-corrected chi connectivity index (χ1v) is 6.31. The van der Waals surface area contributed by atoms with Gasteiger partial charge in [-0.05, 0) is 13.8 Å². The second-order valence-corrected chi connectivity index (χ2v) is 4.77. The van der Waals surface area contributed by atoms with Crippen LogP contribution in [0.1, 0.15) is 26.7 Å². The number of hydrogen-bond donors (Lipinski definition) is 1. The van der Waals surface area contributed by atoms with Gasteiger partial charge in [-0.25, -0.2) is 0 Å². The Morgan fingerprint density at radius 3 is 3.00 bits per heavy atom. The third-order valence-corrected chi connectivity index (χ3v) is 3.25. The summed E-state index contributed by atoms with van der Waals surface area (Å²) in [5.74, 6) is -1.13. The summed E-state index contributed by atoms with van der Waals surface area (Å²) in [7, 11) is 0. The molecule has 6 heteroatoms. The molecule has 2 aliphatic heterocycles. The molecule has 0 aromatic carbocycles. The van der Waals surface area contributed by atoms with Crippen LogP contribution >= 0.6 is 0 Å². The fourth-order valence-electron chi connectivity index (χ4n) is 2.23. The molecule has 18 heavy (non-hydrogen) atoms. The van der Waals surface area contributed by atoms with Crippen molar-refractivity contribution in [1.29, 1.82) is 0 Å². The molecule has 6 nitrogen and oxygen atoms in total. The zero-order chi connectivity index (χ0) is 13.2. The van der Waals surface area contributed by atoms with Gasteiger partial charge in [0.25, 0.3) is 0 Å². The van der Waals surface area contributed by atoms with Crippen molar-refractivity contribution in [2.45, 2.75) is 50.8 Å². The molecular formula is C12H20O6. The van der Waals surface area contributed by atoms with Crippen LogP contribution in [0.4, 0.5) is 0 Å². The van der Waals surface area contributed by atoms with Crippen molar-refractivity contribution < 1.29 is 28.8 Å². The maximum absolute atomic E-state index is 11.3. The van der Waals surface area contributed by atoms with E-state index in [9.17, 15) is 9.90 Å². The minimum atomic E-state index is -0.859. The fourth-order valence-corrected chi connectivity index (χ4v) is 2.23. The summed E-state index contributed by atoms with van der Waals surface area (Å²) >= 11 is 0. The van der Waals surface area contributed by atoms with Crippen LogP contribution < -0.4 is 0 Å². The zero-order valence-electron chi connectivity index (χ0n) is 10.8. The second-order valence-electron chi connectivity index (χ2n) is 4.77. The van der Waals surface area contributed by atoms with Crippen LogP contribution in [0, 0.1) is 0 Å². The first-order valence-electron chi connectivity index (χ1n) is 6.31. The first kappa shape index (κ1) is 13.7. The molecule has 0 spiro atoms. The average molecular weight is 260 g/mol. The van der Waals surface area contributed by atoms with E-state index in [2.05, 4.69) is 0 Å². The third-order valence-electron chi connectivity index (χ3n) is 3.25. The molecule has 2 aliphatic rings. The molecule has 1 N–H and O–H groups in total. The number of ether oxygens (including phenoxy) is 4. The lowest BCUT2D eigenvalue weighted by Crippen LogP contribution is -2.51. The highest BCUT2D eigenvalue weighted by molar-refractivity contribution is 5.69. The van der Waals surface area contributed by atoms with Crippen molar-refractivity contribution >= 4 is 5.97 Å². The van der Waals surface area contributed by atoms with E-state index in [4.69, 9.17) is 18.9 Å². The third kappa shape index (κ3) is 3.00. The minimum Gasteiger partial charge on any atom is -0.466 e. The SMILES string of the molecule is CCOC(=O)CC[C@]1(C)OC[C@@H]2OC[C@@H](O)C2O1. The standard InChI is InChI=1S/C12H20O6/c1-3-15-10(14)4-5-12(2)17-7-9-11(18-12)8(13)6-16-9/h8-9,11,13H,3-7H2,1-2H3/t8-,9+,11?,12-/m1/s1. The number of aliphatic hydroxyl groups is 1. The highest BCUT2D eigenvalue weighted by Crippen LogP contribution is 2.33. The van der Waals surface area contributed by atoms with E-state index in [-0.39, 0.29) is 31.2 Å². The summed E-state index contributed by atoms with van der Waals surface area (Å²) in [6, 6.07) is 0. The summed E-state index contributed by atoms with van der Waals surface area (Å²) in [5, 5.41) is 9.72. The molecular weight excluding hydrogens is 240 g/mol. The normalized spacial score (nSPS) is 39.4. The molecule has 4 atom stereocenters. The van der Waals surface area contributed by atoms with Gasteiger partial charge in [0, 0.05) is 6.42 Å². The first-order chi connectivity index (χ1) is 8.54. The van der Waals surface area contributed by atoms with Crippen LogP contribution in [-0.2, 0) is 23.7 Å². The molecule has 0 radical (unpaired) electrons. The van der Waals surface area contributed by atoms with Crippen molar-refractivity contribution in [3.63, 3.8) is 0 Å². The monoisotopic (exact) mass is 260 g/mol. The smallest absolute Gasteiger partial charge is 0.305 e. The second kappa shape index (κ2) is 5.52. The Hall–Kier alpha value is -0.690. The van der Waals surface area contributed by atoms with Gasteiger partial charge in [-0.3, -0.25) is 4.79 Å². The quantitative estimate of drug-likeness (QED) is 0.729. The Labute approximate surface area is 106 Å². The fraction of sp³-hybridized carbons (Fsp3) is 0.917. The number of rotatable bonds is 4. The van der Waals surface area contributed by atoms with Gasteiger partial charge in [0.15, 0.2) is 5.79 Å². The van der Waals surface area contributed by atoms with Gasteiger partial charge in [-0.2, -0.15) is 0 Å². The van der Waals surface area contributed by atoms with Crippen molar-refractivity contribution in [3.8, 4) is 0 Å². The van der Waals surface area contributed by atoms with Crippen LogP contribution in [0.3, 0.4) is 0 Å². The van der Waals surface area contributed by atoms with Crippen molar-refractivity contribution in [1.82, 2.24) is 0 Å². The molecule has 0 bridgehead atoms. The van der Waals surface area contributed by atoms with Gasteiger partial charge >= 0.3 is 5.97 Å². The van der Waals surface area contributed by atoms with Gasteiger partial charge in [0.2, 0.25) is 0 Å². The molecule has 0 aromatic heterocycles. The molecule has 0 aliphatic carbocycles. The Morgan fingerprint density at radius 1 is 1.50 bits per heavy atom. The van der Waals surface area contributed by atoms with E-state index in [1.165, 1.54) is 0 Å². The van der Waals surface area contributed by atoms with Gasteiger partial charge in [0.05, 0.1) is 26.2 Å². The molecule has 0 aromatic rings. The van der Waals surface area contributed by atoms with Gasteiger partial charge < -0.3 is 24.1 Å². The lowest BCUT2D eigenvalue weighted by atomic mass is 10.1. The van der Waals surface area contributed by atoms with E-state index in [1.807, 2.05) is 0 Å². The summed E-state index contributed by atoms with van der Waals surface area (Å²) < 4.78 is 21.5. The van der Waals surface area contributed by atoms with Gasteiger partial charge in [0.1, 0.15) is 18.3 Å². The maximum atomic E-state index is 11.3. The van der Waals surface area contributed by atoms with Crippen molar-refractivity contribution in [2.24, 2.45) is 0 Å². The van der Waals surface area contributed by atoms with E-state index >= 15 is 0 Å².